The summed E-state index contributed by atoms with van der Waals surface area (Å²) in [6, 6.07) is 11.9. The Balaban J connectivity index is 1.55. The molecular weight excluding hydrogens is 358 g/mol. The molecule has 27 heavy (non-hydrogen) atoms. The lowest BCUT2D eigenvalue weighted by Crippen LogP contribution is -2.52. The smallest absolute Gasteiger partial charge is 0.254 e. The van der Waals surface area contributed by atoms with Crippen molar-refractivity contribution < 1.29 is 9.53 Å². The highest BCUT2D eigenvalue weighted by Crippen LogP contribution is 2.35. The molecule has 2 fully saturated rings. The average molecular weight is 382 g/mol. The Morgan fingerprint density at radius 2 is 2.19 bits per heavy atom. The maximum atomic E-state index is 12.8. The molecule has 1 aromatic heterocycles. The fourth-order valence-corrected chi connectivity index (χ4v) is 4.81. The van der Waals surface area contributed by atoms with E-state index in [2.05, 4.69) is 17.0 Å². The van der Waals surface area contributed by atoms with Crippen molar-refractivity contribution >= 4 is 22.9 Å². The molecule has 1 aromatic carbocycles. The fraction of sp³-hybridized carbons (Fsp3) is 0.429. The van der Waals surface area contributed by atoms with Gasteiger partial charge in [0.25, 0.3) is 5.91 Å². The lowest BCUT2D eigenvalue weighted by atomic mass is 9.79. The number of hydrogen-bond acceptors (Lipinski definition) is 5. The number of carbonyl (C=O) groups excluding carboxylic acids is 1. The first-order chi connectivity index (χ1) is 13.2. The van der Waals surface area contributed by atoms with Gasteiger partial charge < -0.3 is 14.5 Å². The molecule has 140 valence electrons. The number of thiophene rings is 1. The second-order valence-corrected chi connectivity index (χ2v) is 8.26. The molecule has 2 aliphatic heterocycles. The Kier molecular flexibility index (Phi) is 5.15. The number of rotatable bonds is 2. The first-order valence-electron chi connectivity index (χ1n) is 9.33. The number of anilines is 1. The standard InChI is InChI=1S/C21H23N3O2S/c22-12-17-3-1-4-19(11-17)23-8-9-26-16-21(14-23)6-2-7-24(15-21)20(25)18-5-10-27-13-18/h1,3-5,10-11,13H,2,6-9,14-16H2/t21-/m0/s1. The summed E-state index contributed by atoms with van der Waals surface area (Å²) in [4.78, 5) is 17.2. The monoisotopic (exact) mass is 381 g/mol. The van der Waals surface area contributed by atoms with Crippen molar-refractivity contribution in [3.63, 3.8) is 0 Å². The minimum Gasteiger partial charge on any atom is -0.379 e. The largest absolute Gasteiger partial charge is 0.379 e. The Hall–Kier alpha value is -2.36. The highest BCUT2D eigenvalue weighted by Gasteiger charge is 2.40. The minimum atomic E-state index is -0.0664. The number of ether oxygens (including phenoxy) is 1. The summed E-state index contributed by atoms with van der Waals surface area (Å²) in [5, 5.41) is 13.1. The van der Waals surface area contributed by atoms with Crippen molar-refractivity contribution in [3.05, 3.63) is 52.2 Å². The van der Waals surface area contributed by atoms with Gasteiger partial charge in [-0.3, -0.25) is 4.79 Å². The first kappa shape index (κ1) is 18.0. The number of hydrogen-bond donors (Lipinski definition) is 0. The van der Waals surface area contributed by atoms with Gasteiger partial charge in [0.15, 0.2) is 0 Å². The van der Waals surface area contributed by atoms with Gasteiger partial charge in [-0.25, -0.2) is 0 Å². The van der Waals surface area contributed by atoms with Gasteiger partial charge in [-0.05, 0) is 42.5 Å². The molecule has 4 rings (SSSR count). The third-order valence-corrected chi connectivity index (χ3v) is 6.18. The second-order valence-electron chi connectivity index (χ2n) is 7.48. The van der Waals surface area contributed by atoms with Crippen LogP contribution in [0.1, 0.15) is 28.8 Å². The normalized spacial score (nSPS) is 23.1. The molecule has 2 aromatic rings. The molecule has 0 bridgehead atoms. The molecule has 5 nitrogen and oxygen atoms in total. The van der Waals surface area contributed by atoms with Crippen LogP contribution in [-0.2, 0) is 4.74 Å². The molecule has 2 saturated heterocycles. The molecule has 1 atom stereocenters. The van der Waals surface area contributed by atoms with E-state index in [1.54, 1.807) is 11.3 Å². The highest BCUT2D eigenvalue weighted by atomic mass is 32.1. The van der Waals surface area contributed by atoms with Crippen molar-refractivity contribution in [1.82, 2.24) is 4.90 Å². The zero-order valence-corrected chi connectivity index (χ0v) is 16.1. The van der Waals surface area contributed by atoms with Crippen LogP contribution in [0.4, 0.5) is 5.69 Å². The molecular formula is C21H23N3O2S. The van der Waals surface area contributed by atoms with Crippen molar-refractivity contribution in [2.24, 2.45) is 5.41 Å². The van der Waals surface area contributed by atoms with Crippen LogP contribution in [0, 0.1) is 16.7 Å². The number of likely N-dealkylation sites (tertiary alicyclic amines) is 1. The number of amides is 1. The van der Waals surface area contributed by atoms with E-state index >= 15 is 0 Å². The summed E-state index contributed by atoms with van der Waals surface area (Å²) in [5.74, 6) is 0.123. The molecule has 0 unspecified atom stereocenters. The van der Waals surface area contributed by atoms with E-state index in [9.17, 15) is 10.1 Å². The molecule has 0 saturated carbocycles. The Morgan fingerprint density at radius 1 is 1.26 bits per heavy atom. The lowest BCUT2D eigenvalue weighted by Gasteiger charge is -2.44. The Bertz CT molecular complexity index is 845. The SMILES string of the molecule is N#Cc1cccc(N2CCOC[C@@]3(CCCN(C(=O)c4ccsc4)C3)C2)c1. The number of piperidine rings is 1. The van der Waals surface area contributed by atoms with Gasteiger partial charge >= 0.3 is 0 Å². The second kappa shape index (κ2) is 7.71. The topological polar surface area (TPSA) is 56.6 Å². The van der Waals surface area contributed by atoms with Crippen LogP contribution in [0.2, 0.25) is 0 Å². The van der Waals surface area contributed by atoms with Crippen LogP contribution >= 0.6 is 11.3 Å². The van der Waals surface area contributed by atoms with E-state index in [0.717, 1.165) is 50.3 Å². The Labute approximate surface area is 163 Å². The van der Waals surface area contributed by atoms with Gasteiger partial charge in [0.05, 0.1) is 30.4 Å². The van der Waals surface area contributed by atoms with Gasteiger partial charge in [0, 0.05) is 42.7 Å². The zero-order chi connectivity index (χ0) is 18.7. The molecule has 0 radical (unpaired) electrons. The molecule has 0 aliphatic carbocycles. The molecule has 3 heterocycles. The number of benzene rings is 1. The highest BCUT2D eigenvalue weighted by molar-refractivity contribution is 7.08. The van der Waals surface area contributed by atoms with E-state index < -0.39 is 0 Å². The van der Waals surface area contributed by atoms with Crippen LogP contribution in [0.5, 0.6) is 0 Å². The number of nitrogens with zero attached hydrogens (tertiary/aromatic N) is 3. The third kappa shape index (κ3) is 3.85. The summed E-state index contributed by atoms with van der Waals surface area (Å²) in [7, 11) is 0. The number of carbonyl (C=O) groups is 1. The van der Waals surface area contributed by atoms with E-state index in [1.165, 1.54) is 0 Å². The van der Waals surface area contributed by atoms with E-state index in [0.29, 0.717) is 18.8 Å². The van der Waals surface area contributed by atoms with Gasteiger partial charge in [-0.1, -0.05) is 6.07 Å². The van der Waals surface area contributed by atoms with E-state index in [1.807, 2.05) is 39.9 Å². The summed E-state index contributed by atoms with van der Waals surface area (Å²) < 4.78 is 5.97. The van der Waals surface area contributed by atoms with Crippen LogP contribution in [0.15, 0.2) is 41.1 Å². The van der Waals surface area contributed by atoms with Crippen molar-refractivity contribution in [2.45, 2.75) is 12.8 Å². The Morgan fingerprint density at radius 3 is 3.00 bits per heavy atom. The maximum Gasteiger partial charge on any atom is 0.254 e. The van der Waals surface area contributed by atoms with E-state index in [4.69, 9.17) is 4.74 Å². The molecule has 0 N–H and O–H groups in total. The zero-order valence-electron chi connectivity index (χ0n) is 15.3. The molecule has 1 spiro atoms. The summed E-state index contributed by atoms with van der Waals surface area (Å²) >= 11 is 1.56. The quantitative estimate of drug-likeness (QED) is 0.800. The summed E-state index contributed by atoms with van der Waals surface area (Å²) in [6.07, 6.45) is 2.04. The number of nitriles is 1. The van der Waals surface area contributed by atoms with Crippen molar-refractivity contribution in [3.8, 4) is 6.07 Å². The first-order valence-corrected chi connectivity index (χ1v) is 10.3. The summed E-state index contributed by atoms with van der Waals surface area (Å²) in [6.45, 7) is 4.51. The average Bonchev–Trinajstić information content (AvgIpc) is 3.17. The minimum absolute atomic E-state index is 0.0664. The van der Waals surface area contributed by atoms with Crippen molar-refractivity contribution in [1.29, 1.82) is 5.26 Å². The van der Waals surface area contributed by atoms with Crippen LogP contribution < -0.4 is 4.90 Å². The molecule has 2 aliphatic rings. The van der Waals surface area contributed by atoms with Crippen LogP contribution in [-0.4, -0.2) is 50.2 Å². The van der Waals surface area contributed by atoms with Crippen molar-refractivity contribution in [2.75, 3.05) is 44.3 Å². The van der Waals surface area contributed by atoms with E-state index in [-0.39, 0.29) is 11.3 Å². The lowest BCUT2D eigenvalue weighted by molar-refractivity contribution is 0.0135. The van der Waals surface area contributed by atoms with Gasteiger partial charge in [-0.2, -0.15) is 16.6 Å². The predicted octanol–water partition coefficient (Wildman–Crippen LogP) is 3.38. The van der Waals surface area contributed by atoms with Crippen LogP contribution in [0.3, 0.4) is 0 Å². The fourth-order valence-electron chi connectivity index (χ4n) is 4.18. The molecule has 6 heteroatoms. The third-order valence-electron chi connectivity index (χ3n) is 5.50. The van der Waals surface area contributed by atoms with Gasteiger partial charge in [-0.15, -0.1) is 0 Å². The summed E-state index contributed by atoms with van der Waals surface area (Å²) in [5.41, 5.74) is 2.44. The van der Waals surface area contributed by atoms with Gasteiger partial charge in [0.2, 0.25) is 0 Å². The van der Waals surface area contributed by atoms with Gasteiger partial charge in [0.1, 0.15) is 0 Å². The maximum absolute atomic E-state index is 12.8. The van der Waals surface area contributed by atoms with Crippen LogP contribution in [0.25, 0.3) is 0 Å². The molecule has 1 amide bonds. The predicted molar refractivity (Wildman–Crippen MR) is 106 cm³/mol.